The Morgan fingerprint density at radius 2 is 2.00 bits per heavy atom. The molecule has 0 atom stereocenters. The van der Waals surface area contributed by atoms with Gasteiger partial charge in [-0.2, -0.15) is 0 Å². The van der Waals surface area contributed by atoms with Crippen molar-refractivity contribution >= 4 is 21.9 Å². The van der Waals surface area contributed by atoms with Gasteiger partial charge in [0, 0.05) is 41.9 Å². The second kappa shape index (κ2) is 7.34. The molecule has 0 unspecified atom stereocenters. The molecule has 0 bridgehead atoms. The normalized spacial score (nSPS) is 15.9. The van der Waals surface area contributed by atoms with Gasteiger partial charge >= 0.3 is 0 Å². The fourth-order valence-electron chi connectivity index (χ4n) is 2.85. The first-order chi connectivity index (χ1) is 11.6. The molecule has 0 radical (unpaired) electrons. The van der Waals surface area contributed by atoms with Crippen LogP contribution in [0.15, 0.2) is 52.1 Å². The van der Waals surface area contributed by atoms with E-state index in [2.05, 4.69) is 66.9 Å². The molecule has 24 heavy (non-hydrogen) atoms. The number of hydrogen-bond acceptors (Lipinski definition) is 2. The van der Waals surface area contributed by atoms with Crippen molar-refractivity contribution in [1.29, 1.82) is 0 Å². The molecule has 2 aromatic rings. The smallest absolute Gasteiger partial charge is 0.191 e. The van der Waals surface area contributed by atoms with E-state index in [1.54, 1.807) is 7.05 Å². The molecule has 0 amide bonds. The molecule has 0 aliphatic heterocycles. The van der Waals surface area contributed by atoms with E-state index < -0.39 is 0 Å². The summed E-state index contributed by atoms with van der Waals surface area (Å²) in [5.41, 5.74) is 3.79. The summed E-state index contributed by atoms with van der Waals surface area (Å²) >= 11 is 3.68. The van der Waals surface area contributed by atoms with Crippen LogP contribution >= 0.6 is 15.9 Å². The minimum Gasteiger partial charge on any atom is -0.356 e. The average molecular weight is 387 g/mol. The number of rotatable bonds is 5. The van der Waals surface area contributed by atoms with E-state index >= 15 is 0 Å². The molecule has 1 aliphatic rings. The summed E-state index contributed by atoms with van der Waals surface area (Å²) in [6, 6.07) is 12.6. The summed E-state index contributed by atoms with van der Waals surface area (Å²) in [5.74, 6) is 0.828. The predicted molar refractivity (Wildman–Crippen MR) is 102 cm³/mol. The summed E-state index contributed by atoms with van der Waals surface area (Å²) in [6.45, 7) is 3.60. The number of benzene rings is 1. The van der Waals surface area contributed by atoms with Crippen molar-refractivity contribution in [3.63, 3.8) is 0 Å². The van der Waals surface area contributed by atoms with Gasteiger partial charge in [0.15, 0.2) is 5.96 Å². The lowest BCUT2D eigenvalue weighted by Crippen LogP contribution is -2.41. The van der Waals surface area contributed by atoms with Crippen molar-refractivity contribution < 1.29 is 0 Å². The maximum atomic E-state index is 4.33. The first kappa shape index (κ1) is 17.0. The van der Waals surface area contributed by atoms with Gasteiger partial charge in [-0.05, 0) is 43.0 Å². The number of hydrogen-bond donors (Lipinski definition) is 2. The number of nitrogens with zero attached hydrogens (tertiary/aromatic N) is 2. The van der Waals surface area contributed by atoms with E-state index in [0.29, 0.717) is 0 Å². The molecule has 1 saturated carbocycles. The fraction of sp³-hybridized carbons (Fsp3) is 0.368. The van der Waals surface area contributed by atoms with Crippen molar-refractivity contribution in [1.82, 2.24) is 15.6 Å². The van der Waals surface area contributed by atoms with Crippen LogP contribution in [0.1, 0.15) is 29.7 Å². The van der Waals surface area contributed by atoms with Gasteiger partial charge in [0.25, 0.3) is 0 Å². The zero-order chi connectivity index (χ0) is 17.0. The van der Waals surface area contributed by atoms with Gasteiger partial charge in [-0.25, -0.2) is 0 Å². The van der Waals surface area contributed by atoms with Crippen LogP contribution in [0.4, 0.5) is 0 Å². The van der Waals surface area contributed by atoms with E-state index in [-0.39, 0.29) is 5.41 Å². The lowest BCUT2D eigenvalue weighted by atomic mass is 9.96. The Morgan fingerprint density at radius 1 is 1.21 bits per heavy atom. The topological polar surface area (TPSA) is 49.3 Å². The molecule has 5 heteroatoms. The van der Waals surface area contributed by atoms with Gasteiger partial charge in [0.2, 0.25) is 0 Å². The van der Waals surface area contributed by atoms with E-state index in [0.717, 1.165) is 30.3 Å². The van der Waals surface area contributed by atoms with Crippen LogP contribution in [0.25, 0.3) is 0 Å². The number of pyridine rings is 1. The van der Waals surface area contributed by atoms with Crippen molar-refractivity contribution in [2.24, 2.45) is 4.99 Å². The highest BCUT2D eigenvalue weighted by molar-refractivity contribution is 9.10. The third-order valence-electron chi connectivity index (χ3n) is 4.55. The van der Waals surface area contributed by atoms with Gasteiger partial charge in [0.05, 0.1) is 0 Å². The number of aryl methyl sites for hydroxylation is 1. The van der Waals surface area contributed by atoms with Gasteiger partial charge in [-0.3, -0.25) is 9.98 Å². The number of aliphatic imine (C=N–C) groups is 1. The van der Waals surface area contributed by atoms with Gasteiger partial charge in [-0.15, -0.1) is 0 Å². The Morgan fingerprint density at radius 3 is 2.62 bits per heavy atom. The minimum absolute atomic E-state index is 0.225. The third kappa shape index (κ3) is 3.96. The summed E-state index contributed by atoms with van der Waals surface area (Å²) in [6.07, 6.45) is 4.32. The monoisotopic (exact) mass is 386 g/mol. The molecule has 2 N–H and O–H groups in total. The third-order valence-corrected chi connectivity index (χ3v) is 5.24. The van der Waals surface area contributed by atoms with Crippen molar-refractivity contribution in [2.45, 2.75) is 31.7 Å². The van der Waals surface area contributed by atoms with Crippen LogP contribution in [0.3, 0.4) is 0 Å². The molecule has 0 spiro atoms. The highest BCUT2D eigenvalue weighted by Gasteiger charge is 2.45. The predicted octanol–water partition coefficient (Wildman–Crippen LogP) is 3.55. The van der Waals surface area contributed by atoms with Crippen LogP contribution in [0.2, 0.25) is 0 Å². The van der Waals surface area contributed by atoms with Crippen LogP contribution in [-0.4, -0.2) is 24.5 Å². The number of aromatic nitrogens is 1. The van der Waals surface area contributed by atoms with E-state index in [9.17, 15) is 0 Å². The zero-order valence-corrected chi connectivity index (χ0v) is 15.7. The van der Waals surface area contributed by atoms with E-state index in [1.807, 2.05) is 19.2 Å². The number of halogens is 1. The molecule has 0 saturated heterocycles. The molecular formula is C19H23BrN4. The SMILES string of the molecule is CN=C(NCc1ccc(C)nc1)NCC1(c2ccccc2Br)CC1. The maximum absolute atomic E-state index is 4.33. The highest BCUT2D eigenvalue weighted by atomic mass is 79.9. The van der Waals surface area contributed by atoms with Gasteiger partial charge < -0.3 is 10.6 Å². The molecule has 1 aromatic carbocycles. The Balaban J connectivity index is 1.57. The molecule has 1 aromatic heterocycles. The van der Waals surface area contributed by atoms with Gasteiger partial charge in [-0.1, -0.05) is 40.2 Å². The summed E-state index contributed by atoms with van der Waals surface area (Å²) < 4.78 is 1.19. The van der Waals surface area contributed by atoms with Crippen LogP contribution < -0.4 is 10.6 Å². The molecule has 1 fully saturated rings. The zero-order valence-electron chi connectivity index (χ0n) is 14.1. The quantitative estimate of drug-likeness (QED) is 0.610. The lowest BCUT2D eigenvalue weighted by molar-refractivity contribution is 0.643. The molecule has 4 nitrogen and oxygen atoms in total. The Bertz CT molecular complexity index is 720. The van der Waals surface area contributed by atoms with Crippen molar-refractivity contribution in [3.05, 3.63) is 63.9 Å². The first-order valence-corrected chi connectivity index (χ1v) is 9.03. The summed E-state index contributed by atoms with van der Waals surface area (Å²) in [4.78, 5) is 8.65. The highest BCUT2D eigenvalue weighted by Crippen LogP contribution is 2.49. The second-order valence-corrected chi connectivity index (χ2v) is 7.20. The number of guanidine groups is 1. The first-order valence-electron chi connectivity index (χ1n) is 8.24. The Kier molecular flexibility index (Phi) is 5.19. The maximum Gasteiger partial charge on any atom is 0.191 e. The van der Waals surface area contributed by atoms with E-state index in [4.69, 9.17) is 0 Å². The van der Waals surface area contributed by atoms with Crippen LogP contribution in [0, 0.1) is 6.92 Å². The Labute approximate surface area is 151 Å². The number of nitrogens with one attached hydrogen (secondary N) is 2. The van der Waals surface area contributed by atoms with Crippen LogP contribution in [-0.2, 0) is 12.0 Å². The standard InChI is InChI=1S/C19H23BrN4/c1-14-7-8-15(11-22-14)12-23-18(21-2)24-13-19(9-10-19)16-5-3-4-6-17(16)20/h3-8,11H,9-10,12-13H2,1-2H3,(H2,21,23,24). The van der Waals surface area contributed by atoms with Gasteiger partial charge in [0.1, 0.15) is 0 Å². The van der Waals surface area contributed by atoms with Crippen molar-refractivity contribution in [3.8, 4) is 0 Å². The lowest BCUT2D eigenvalue weighted by Gasteiger charge is -2.20. The molecule has 1 heterocycles. The summed E-state index contributed by atoms with van der Waals surface area (Å²) in [5, 5.41) is 6.84. The van der Waals surface area contributed by atoms with E-state index in [1.165, 1.54) is 22.9 Å². The Hall–Kier alpha value is -1.88. The minimum atomic E-state index is 0.225. The second-order valence-electron chi connectivity index (χ2n) is 6.35. The molecule has 126 valence electrons. The van der Waals surface area contributed by atoms with Crippen molar-refractivity contribution in [2.75, 3.05) is 13.6 Å². The molecular weight excluding hydrogens is 364 g/mol. The largest absolute Gasteiger partial charge is 0.356 e. The average Bonchev–Trinajstić information content (AvgIpc) is 3.38. The summed E-state index contributed by atoms with van der Waals surface area (Å²) in [7, 11) is 1.81. The molecule has 1 aliphatic carbocycles. The molecule has 3 rings (SSSR count). The van der Waals surface area contributed by atoms with Crippen LogP contribution in [0.5, 0.6) is 0 Å². The fourth-order valence-corrected chi connectivity index (χ4v) is 3.55.